The van der Waals surface area contributed by atoms with Crippen LogP contribution in [0.1, 0.15) is 11.1 Å². The van der Waals surface area contributed by atoms with Gasteiger partial charge in [-0.25, -0.2) is 0 Å². The highest BCUT2D eigenvalue weighted by Gasteiger charge is 2.13. The molecular weight excluding hydrogens is 172 g/mol. The van der Waals surface area contributed by atoms with Gasteiger partial charge in [0, 0.05) is 36.4 Å². The summed E-state index contributed by atoms with van der Waals surface area (Å²) in [6.45, 7) is 3.26. The van der Waals surface area contributed by atoms with Crippen LogP contribution in [-0.4, -0.2) is 11.1 Å². The van der Waals surface area contributed by atoms with E-state index < -0.39 is 0 Å². The number of hydrogen-bond acceptors (Lipinski definition) is 1. The van der Waals surface area contributed by atoms with E-state index in [2.05, 4.69) is 42.2 Å². The fourth-order valence-corrected chi connectivity index (χ4v) is 2.37. The third-order valence-corrected chi connectivity index (χ3v) is 3.12. The fourth-order valence-electron chi connectivity index (χ4n) is 2.37. The lowest BCUT2D eigenvalue weighted by molar-refractivity contribution is 0.962. The number of anilines is 1. The van der Waals surface area contributed by atoms with Crippen molar-refractivity contribution in [3.63, 3.8) is 0 Å². The van der Waals surface area contributed by atoms with E-state index in [4.69, 9.17) is 0 Å². The minimum absolute atomic E-state index is 1.09. The van der Waals surface area contributed by atoms with Crippen molar-refractivity contribution in [1.29, 1.82) is 0 Å². The van der Waals surface area contributed by atoms with E-state index in [0.717, 1.165) is 13.0 Å². The Kier molecular flexibility index (Phi) is 1.43. The van der Waals surface area contributed by atoms with E-state index >= 15 is 0 Å². The first-order valence-corrected chi connectivity index (χ1v) is 5.08. The fraction of sp³-hybridized carbons (Fsp3) is 0.333. The van der Waals surface area contributed by atoms with Crippen LogP contribution in [0.4, 0.5) is 5.69 Å². The minimum Gasteiger partial charge on any atom is -0.384 e. The van der Waals surface area contributed by atoms with Gasteiger partial charge in [0.25, 0.3) is 0 Å². The van der Waals surface area contributed by atoms with Gasteiger partial charge in [-0.15, -0.1) is 0 Å². The Morgan fingerprint density at radius 2 is 2.21 bits per heavy atom. The summed E-state index contributed by atoms with van der Waals surface area (Å²) in [5, 5.41) is 4.80. The van der Waals surface area contributed by atoms with Crippen LogP contribution >= 0.6 is 0 Å². The molecule has 2 aromatic rings. The number of aryl methyl sites for hydroxylation is 2. The molecule has 0 saturated heterocycles. The van der Waals surface area contributed by atoms with E-state index in [-0.39, 0.29) is 0 Å². The first kappa shape index (κ1) is 7.92. The molecule has 0 aliphatic carbocycles. The Bertz CT molecular complexity index is 465. The van der Waals surface area contributed by atoms with Gasteiger partial charge in [-0.1, -0.05) is 0 Å². The van der Waals surface area contributed by atoms with Gasteiger partial charge in [0.15, 0.2) is 0 Å². The lowest BCUT2D eigenvalue weighted by Crippen LogP contribution is -1.90. The number of nitrogens with one attached hydrogen (secondary N) is 1. The molecule has 2 heterocycles. The second-order valence-electron chi connectivity index (χ2n) is 4.13. The highest BCUT2D eigenvalue weighted by molar-refractivity contribution is 5.89. The highest BCUT2D eigenvalue weighted by Crippen LogP contribution is 2.30. The quantitative estimate of drug-likeness (QED) is 0.668. The third-order valence-electron chi connectivity index (χ3n) is 3.12. The van der Waals surface area contributed by atoms with Crippen molar-refractivity contribution in [3.05, 3.63) is 29.5 Å². The van der Waals surface area contributed by atoms with Crippen LogP contribution in [-0.2, 0) is 13.5 Å². The van der Waals surface area contributed by atoms with Gasteiger partial charge in [0.05, 0.1) is 0 Å². The van der Waals surface area contributed by atoms with Crippen molar-refractivity contribution in [2.45, 2.75) is 13.3 Å². The Balaban J connectivity index is 2.40. The Labute approximate surface area is 83.5 Å². The van der Waals surface area contributed by atoms with Crippen LogP contribution in [0.25, 0.3) is 10.9 Å². The Morgan fingerprint density at radius 3 is 3.07 bits per heavy atom. The molecular formula is C12H14N2. The minimum atomic E-state index is 1.09. The topological polar surface area (TPSA) is 17.0 Å². The summed E-state index contributed by atoms with van der Waals surface area (Å²) in [5.41, 5.74) is 5.49. The number of fused-ring (bicyclic) bond motifs is 2. The SMILES string of the molecule is Cc1cn(C)c2cc3c(cc12)NCC3. The normalized spacial score (nSPS) is 14.4. The van der Waals surface area contributed by atoms with Crippen LogP contribution < -0.4 is 5.32 Å². The van der Waals surface area contributed by atoms with Gasteiger partial charge in [0.1, 0.15) is 0 Å². The number of benzene rings is 1. The number of rotatable bonds is 0. The Hall–Kier alpha value is -1.44. The molecule has 0 unspecified atom stereocenters. The molecule has 0 radical (unpaired) electrons. The molecule has 72 valence electrons. The second kappa shape index (κ2) is 2.53. The zero-order valence-electron chi connectivity index (χ0n) is 8.59. The number of aromatic nitrogens is 1. The summed E-state index contributed by atoms with van der Waals surface area (Å²) in [4.78, 5) is 0. The lowest BCUT2D eigenvalue weighted by atomic mass is 10.1. The molecule has 1 N–H and O–H groups in total. The zero-order valence-corrected chi connectivity index (χ0v) is 8.59. The van der Waals surface area contributed by atoms with E-state index in [1.54, 1.807) is 0 Å². The van der Waals surface area contributed by atoms with Crippen LogP contribution in [0.2, 0.25) is 0 Å². The van der Waals surface area contributed by atoms with Crippen molar-refractivity contribution in [2.75, 3.05) is 11.9 Å². The predicted octanol–water partition coefficient (Wildman–Crippen LogP) is 2.45. The maximum absolute atomic E-state index is 3.42. The van der Waals surface area contributed by atoms with Gasteiger partial charge in [-0.3, -0.25) is 0 Å². The van der Waals surface area contributed by atoms with Gasteiger partial charge in [-0.05, 0) is 36.6 Å². The van der Waals surface area contributed by atoms with Crippen LogP contribution in [0.5, 0.6) is 0 Å². The third kappa shape index (κ3) is 0.910. The summed E-state index contributed by atoms with van der Waals surface area (Å²) >= 11 is 0. The summed E-state index contributed by atoms with van der Waals surface area (Å²) < 4.78 is 2.21. The predicted molar refractivity (Wildman–Crippen MR) is 59.8 cm³/mol. The highest BCUT2D eigenvalue weighted by atomic mass is 14.9. The smallest absolute Gasteiger partial charge is 0.0484 e. The van der Waals surface area contributed by atoms with Crippen LogP contribution in [0.15, 0.2) is 18.3 Å². The van der Waals surface area contributed by atoms with Gasteiger partial charge >= 0.3 is 0 Å². The molecule has 1 aliphatic rings. The van der Waals surface area contributed by atoms with Crippen molar-refractivity contribution in [1.82, 2.24) is 4.57 Å². The molecule has 2 nitrogen and oxygen atoms in total. The molecule has 1 aromatic carbocycles. The van der Waals surface area contributed by atoms with E-state index in [1.807, 2.05) is 0 Å². The Morgan fingerprint density at radius 1 is 1.36 bits per heavy atom. The monoisotopic (exact) mass is 186 g/mol. The molecule has 0 spiro atoms. The van der Waals surface area contributed by atoms with E-state index in [1.165, 1.54) is 27.7 Å². The average Bonchev–Trinajstić information content (AvgIpc) is 2.70. The molecule has 14 heavy (non-hydrogen) atoms. The maximum atomic E-state index is 3.42. The first-order valence-electron chi connectivity index (χ1n) is 5.08. The zero-order chi connectivity index (χ0) is 9.71. The first-order chi connectivity index (χ1) is 6.75. The summed E-state index contributed by atoms with van der Waals surface area (Å²) in [5.74, 6) is 0. The van der Waals surface area contributed by atoms with Gasteiger partial charge in [-0.2, -0.15) is 0 Å². The largest absolute Gasteiger partial charge is 0.384 e. The maximum Gasteiger partial charge on any atom is 0.0484 e. The number of hydrogen-bond donors (Lipinski definition) is 1. The summed E-state index contributed by atoms with van der Waals surface area (Å²) in [6.07, 6.45) is 3.36. The second-order valence-corrected chi connectivity index (χ2v) is 4.13. The molecule has 0 fully saturated rings. The molecule has 0 atom stereocenters. The molecule has 0 amide bonds. The molecule has 2 heteroatoms. The van der Waals surface area contributed by atoms with Crippen LogP contribution in [0, 0.1) is 6.92 Å². The average molecular weight is 186 g/mol. The standard InChI is InChI=1S/C12H14N2/c1-8-7-14(2)12-5-9-3-4-13-11(9)6-10(8)12/h5-7,13H,3-4H2,1-2H3. The summed E-state index contributed by atoms with van der Waals surface area (Å²) in [6, 6.07) is 4.60. The molecule has 1 aromatic heterocycles. The molecule has 0 bridgehead atoms. The van der Waals surface area contributed by atoms with Gasteiger partial charge < -0.3 is 9.88 Å². The van der Waals surface area contributed by atoms with Crippen LogP contribution in [0.3, 0.4) is 0 Å². The molecule has 0 saturated carbocycles. The lowest BCUT2D eigenvalue weighted by Gasteiger charge is -2.02. The van der Waals surface area contributed by atoms with Gasteiger partial charge in [0.2, 0.25) is 0 Å². The van der Waals surface area contributed by atoms with Crippen molar-refractivity contribution in [2.24, 2.45) is 7.05 Å². The van der Waals surface area contributed by atoms with Crippen molar-refractivity contribution < 1.29 is 0 Å². The summed E-state index contributed by atoms with van der Waals surface area (Å²) in [7, 11) is 2.12. The van der Waals surface area contributed by atoms with Crippen molar-refractivity contribution in [3.8, 4) is 0 Å². The van der Waals surface area contributed by atoms with E-state index in [0.29, 0.717) is 0 Å². The van der Waals surface area contributed by atoms with Crippen molar-refractivity contribution >= 4 is 16.6 Å². The molecule has 3 rings (SSSR count). The van der Waals surface area contributed by atoms with E-state index in [9.17, 15) is 0 Å². The number of nitrogens with zero attached hydrogens (tertiary/aromatic N) is 1. The molecule has 1 aliphatic heterocycles.